The Kier molecular flexibility index (Phi) is 8.08. The van der Waals surface area contributed by atoms with E-state index in [1.54, 1.807) is 24.3 Å². The van der Waals surface area contributed by atoms with Gasteiger partial charge in [0.05, 0.1) is 26.7 Å². The second-order valence-corrected chi connectivity index (χ2v) is 7.91. The van der Waals surface area contributed by atoms with Gasteiger partial charge in [-0.15, -0.1) is 0 Å². The molecule has 12 heteroatoms. The smallest absolute Gasteiger partial charge is 0.271 e. The molecular weight excluding hydrogens is 559 g/mol. The van der Waals surface area contributed by atoms with Crippen molar-refractivity contribution in [3.63, 3.8) is 0 Å². The molecule has 0 bridgehead atoms. The number of carbonyl (C=O) groups is 1. The van der Waals surface area contributed by atoms with Gasteiger partial charge in [-0.25, -0.2) is 5.43 Å². The second kappa shape index (κ2) is 11.2. The minimum atomic E-state index is -0.547. The largest absolute Gasteiger partial charge is 0.493 e. The van der Waals surface area contributed by atoms with Gasteiger partial charge in [0.2, 0.25) is 0 Å². The van der Waals surface area contributed by atoms with E-state index in [0.29, 0.717) is 17.1 Å². The van der Waals surface area contributed by atoms with E-state index in [1.165, 1.54) is 49.7 Å². The number of nitrogens with one attached hydrogen (secondary N) is 1. The molecule has 1 N–H and O–H groups in total. The summed E-state index contributed by atoms with van der Waals surface area (Å²) in [5.41, 5.74) is 3.86. The summed E-state index contributed by atoms with van der Waals surface area (Å²) >= 11 is 2.08. The van der Waals surface area contributed by atoms with Crippen molar-refractivity contribution in [1.82, 2.24) is 5.43 Å². The van der Waals surface area contributed by atoms with E-state index in [4.69, 9.17) is 9.47 Å². The highest BCUT2D eigenvalue weighted by Crippen LogP contribution is 2.34. The maximum absolute atomic E-state index is 12.2. The minimum absolute atomic E-state index is 0.000204. The molecule has 0 heterocycles. The third kappa shape index (κ3) is 6.25. The number of halogens is 1. The van der Waals surface area contributed by atoms with Crippen molar-refractivity contribution in [3.8, 4) is 11.5 Å². The molecule has 3 aromatic rings. The van der Waals surface area contributed by atoms with Gasteiger partial charge in [0.25, 0.3) is 17.3 Å². The molecule has 0 aromatic heterocycles. The predicted molar refractivity (Wildman–Crippen MR) is 131 cm³/mol. The summed E-state index contributed by atoms with van der Waals surface area (Å²) < 4.78 is 12.0. The zero-order valence-corrected chi connectivity index (χ0v) is 19.8. The van der Waals surface area contributed by atoms with E-state index < -0.39 is 15.8 Å². The maximum Gasteiger partial charge on any atom is 0.271 e. The number of amides is 1. The van der Waals surface area contributed by atoms with Gasteiger partial charge in [-0.05, 0) is 70.1 Å². The van der Waals surface area contributed by atoms with Crippen LogP contribution in [0.5, 0.6) is 11.5 Å². The van der Waals surface area contributed by atoms with E-state index in [1.807, 2.05) is 0 Å². The van der Waals surface area contributed by atoms with Crippen LogP contribution in [0.1, 0.15) is 21.5 Å². The first-order valence-corrected chi connectivity index (χ1v) is 10.7. The number of benzene rings is 3. The van der Waals surface area contributed by atoms with Crippen LogP contribution < -0.4 is 14.9 Å². The number of hydrogen-bond donors (Lipinski definition) is 1. The van der Waals surface area contributed by atoms with Crippen molar-refractivity contribution < 1.29 is 24.1 Å². The van der Waals surface area contributed by atoms with Gasteiger partial charge in [-0.1, -0.05) is 0 Å². The first-order valence-electron chi connectivity index (χ1n) is 9.60. The summed E-state index contributed by atoms with van der Waals surface area (Å²) in [6, 6.07) is 14.7. The van der Waals surface area contributed by atoms with Crippen LogP contribution in [0.2, 0.25) is 0 Å². The lowest BCUT2D eigenvalue weighted by Crippen LogP contribution is -2.17. The third-order valence-corrected chi connectivity index (χ3v) is 5.30. The van der Waals surface area contributed by atoms with Crippen LogP contribution in [-0.4, -0.2) is 29.1 Å². The van der Waals surface area contributed by atoms with E-state index in [2.05, 4.69) is 33.1 Å². The van der Waals surface area contributed by atoms with Crippen molar-refractivity contribution in [2.24, 2.45) is 5.10 Å². The molecule has 0 aliphatic rings. The Morgan fingerprint density at radius 3 is 2.18 bits per heavy atom. The van der Waals surface area contributed by atoms with Crippen LogP contribution in [0, 0.1) is 23.8 Å². The minimum Gasteiger partial charge on any atom is -0.493 e. The van der Waals surface area contributed by atoms with Crippen molar-refractivity contribution in [3.05, 3.63) is 101 Å². The van der Waals surface area contributed by atoms with E-state index in [9.17, 15) is 25.0 Å². The Bertz CT molecular complexity index is 1250. The molecule has 34 heavy (non-hydrogen) atoms. The average Bonchev–Trinajstić information content (AvgIpc) is 2.83. The number of nitro benzene ring substituents is 2. The molecular formula is C22H17IN4O7. The van der Waals surface area contributed by atoms with Crippen molar-refractivity contribution in [1.29, 1.82) is 0 Å². The number of non-ortho nitro benzene ring substituents is 2. The molecule has 0 saturated heterocycles. The van der Waals surface area contributed by atoms with Crippen molar-refractivity contribution >= 4 is 46.1 Å². The predicted octanol–water partition coefficient (Wildman–Crippen LogP) is 4.46. The molecule has 1 amide bonds. The fourth-order valence-corrected chi connectivity index (χ4v) is 3.57. The van der Waals surface area contributed by atoms with Gasteiger partial charge in [0.15, 0.2) is 11.5 Å². The summed E-state index contributed by atoms with van der Waals surface area (Å²) in [4.78, 5) is 32.6. The molecule has 0 saturated carbocycles. The van der Waals surface area contributed by atoms with Crippen LogP contribution in [0.4, 0.5) is 11.4 Å². The summed E-state index contributed by atoms with van der Waals surface area (Å²) in [6.45, 7) is 0.184. The van der Waals surface area contributed by atoms with Crippen LogP contribution in [0.25, 0.3) is 0 Å². The molecule has 0 unspecified atom stereocenters. The van der Waals surface area contributed by atoms with Crippen molar-refractivity contribution in [2.45, 2.75) is 6.61 Å². The lowest BCUT2D eigenvalue weighted by atomic mass is 10.2. The molecule has 0 aliphatic carbocycles. The standard InChI is InChI=1S/C22H17IN4O7/c1-33-20-11-15(12-24-25-22(28)16-4-8-18(9-5-16)27(31)32)10-19(23)21(20)34-13-14-2-6-17(7-3-14)26(29)30/h2-12H,13H2,1H3,(H,25,28)/b24-12+. The highest BCUT2D eigenvalue weighted by molar-refractivity contribution is 14.1. The fraction of sp³-hybridized carbons (Fsp3) is 0.0909. The fourth-order valence-electron chi connectivity index (χ4n) is 2.79. The number of rotatable bonds is 9. The highest BCUT2D eigenvalue weighted by atomic mass is 127. The maximum atomic E-state index is 12.2. The molecule has 0 aliphatic heterocycles. The van der Waals surface area contributed by atoms with Gasteiger partial charge in [0, 0.05) is 29.8 Å². The molecule has 3 aromatic carbocycles. The van der Waals surface area contributed by atoms with Crippen LogP contribution in [-0.2, 0) is 6.61 Å². The van der Waals surface area contributed by atoms with Gasteiger partial charge in [-0.2, -0.15) is 5.10 Å². The van der Waals surface area contributed by atoms with Crippen LogP contribution in [0.15, 0.2) is 65.8 Å². The Morgan fingerprint density at radius 1 is 1.03 bits per heavy atom. The highest BCUT2D eigenvalue weighted by Gasteiger charge is 2.13. The molecule has 11 nitrogen and oxygen atoms in total. The van der Waals surface area contributed by atoms with Gasteiger partial charge in [0.1, 0.15) is 6.61 Å². The Labute approximate surface area is 206 Å². The Hall–Kier alpha value is -4.07. The van der Waals surface area contributed by atoms with E-state index >= 15 is 0 Å². The topological polar surface area (TPSA) is 146 Å². The number of hydrazone groups is 1. The summed E-state index contributed by atoms with van der Waals surface area (Å²) in [5.74, 6) is 0.418. The van der Waals surface area contributed by atoms with Gasteiger partial charge < -0.3 is 9.47 Å². The van der Waals surface area contributed by atoms with Crippen molar-refractivity contribution in [2.75, 3.05) is 7.11 Å². The number of nitrogens with zero attached hydrogens (tertiary/aromatic N) is 3. The summed E-state index contributed by atoms with van der Waals surface area (Å²) in [5, 5.41) is 25.4. The monoisotopic (exact) mass is 576 g/mol. The third-order valence-electron chi connectivity index (χ3n) is 4.50. The zero-order valence-electron chi connectivity index (χ0n) is 17.6. The molecule has 0 atom stereocenters. The van der Waals surface area contributed by atoms with Crippen LogP contribution >= 0.6 is 22.6 Å². The number of nitro groups is 2. The van der Waals surface area contributed by atoms with Gasteiger partial charge >= 0.3 is 0 Å². The Balaban J connectivity index is 1.66. The molecule has 0 radical (unpaired) electrons. The number of ether oxygens (including phenoxy) is 2. The molecule has 174 valence electrons. The van der Waals surface area contributed by atoms with E-state index in [-0.39, 0.29) is 23.5 Å². The first-order chi connectivity index (χ1) is 16.3. The lowest BCUT2D eigenvalue weighted by molar-refractivity contribution is -0.385. The number of carbonyl (C=O) groups excluding carboxylic acids is 1. The zero-order chi connectivity index (χ0) is 24.7. The SMILES string of the molecule is COc1cc(/C=N/NC(=O)c2ccc([N+](=O)[O-])cc2)cc(I)c1OCc1ccc([N+](=O)[O-])cc1. The Morgan fingerprint density at radius 2 is 1.62 bits per heavy atom. The summed E-state index contributed by atoms with van der Waals surface area (Å²) in [6.07, 6.45) is 1.42. The second-order valence-electron chi connectivity index (χ2n) is 6.75. The molecule has 0 spiro atoms. The van der Waals surface area contributed by atoms with E-state index in [0.717, 1.165) is 9.13 Å². The first kappa shape index (κ1) is 24.6. The van der Waals surface area contributed by atoms with Gasteiger partial charge in [-0.3, -0.25) is 25.0 Å². The average molecular weight is 576 g/mol. The molecule has 3 rings (SSSR count). The number of hydrogen-bond acceptors (Lipinski definition) is 8. The summed E-state index contributed by atoms with van der Waals surface area (Å²) in [7, 11) is 1.49. The number of methoxy groups -OCH3 is 1. The lowest BCUT2D eigenvalue weighted by Gasteiger charge is -2.13. The normalized spacial score (nSPS) is 10.6. The quantitative estimate of drug-likeness (QED) is 0.171. The molecule has 0 fully saturated rings. The van der Waals surface area contributed by atoms with Crippen LogP contribution in [0.3, 0.4) is 0 Å².